The molecule has 0 bridgehead atoms. The topological polar surface area (TPSA) is 27.7 Å². The zero-order chi connectivity index (χ0) is 9.14. The molecule has 1 rings (SSSR count). The lowest BCUT2D eigenvalue weighted by atomic mass is 10.00. The van der Waals surface area contributed by atoms with Gasteiger partial charge in [0.15, 0.2) is 0 Å². The van der Waals surface area contributed by atoms with Crippen LogP contribution in [0.4, 0.5) is 0 Å². The summed E-state index contributed by atoms with van der Waals surface area (Å²) in [6.07, 6.45) is 1.63. The second-order valence-corrected chi connectivity index (χ2v) is 3.33. The number of methoxy groups -OCH3 is 2. The molecule has 1 heterocycles. The van der Waals surface area contributed by atoms with Crippen molar-refractivity contribution in [2.75, 3.05) is 14.2 Å². The van der Waals surface area contributed by atoms with Gasteiger partial charge < -0.3 is 14.2 Å². The van der Waals surface area contributed by atoms with Crippen molar-refractivity contribution in [3.8, 4) is 0 Å². The highest BCUT2D eigenvalue weighted by molar-refractivity contribution is 4.82. The van der Waals surface area contributed by atoms with Crippen molar-refractivity contribution in [1.29, 1.82) is 0 Å². The lowest BCUT2D eigenvalue weighted by Gasteiger charge is -2.37. The summed E-state index contributed by atoms with van der Waals surface area (Å²) >= 11 is 0. The third kappa shape index (κ3) is 1.97. The van der Waals surface area contributed by atoms with Gasteiger partial charge in [0.05, 0.1) is 24.4 Å². The Kier molecular flexibility index (Phi) is 3.50. The number of hydrogen-bond donors (Lipinski definition) is 0. The molecule has 0 spiro atoms. The Hall–Kier alpha value is -0.120. The van der Waals surface area contributed by atoms with Crippen molar-refractivity contribution < 1.29 is 14.2 Å². The second-order valence-electron chi connectivity index (χ2n) is 3.33. The molecule has 4 unspecified atom stereocenters. The van der Waals surface area contributed by atoms with E-state index in [1.165, 1.54) is 0 Å². The first-order valence-corrected chi connectivity index (χ1v) is 4.40. The van der Waals surface area contributed by atoms with Crippen LogP contribution in [0, 0.1) is 0 Å². The first kappa shape index (κ1) is 9.96. The summed E-state index contributed by atoms with van der Waals surface area (Å²) in [4.78, 5) is 0. The van der Waals surface area contributed by atoms with Gasteiger partial charge in [-0.15, -0.1) is 0 Å². The fourth-order valence-electron chi connectivity index (χ4n) is 1.70. The molecule has 0 saturated carbocycles. The molecule has 0 aliphatic carbocycles. The van der Waals surface area contributed by atoms with E-state index >= 15 is 0 Å². The molecular weight excluding hydrogens is 156 g/mol. The molecule has 3 heteroatoms. The maximum atomic E-state index is 5.64. The summed E-state index contributed by atoms with van der Waals surface area (Å²) in [6, 6.07) is 0. The van der Waals surface area contributed by atoms with Gasteiger partial charge in [0.2, 0.25) is 0 Å². The van der Waals surface area contributed by atoms with Crippen molar-refractivity contribution in [2.45, 2.75) is 44.7 Å². The molecule has 72 valence electrons. The third-order valence-electron chi connectivity index (χ3n) is 2.55. The van der Waals surface area contributed by atoms with E-state index < -0.39 is 0 Å². The normalized spacial score (nSPS) is 43.0. The summed E-state index contributed by atoms with van der Waals surface area (Å²) in [5, 5.41) is 0. The van der Waals surface area contributed by atoms with Gasteiger partial charge in [-0.1, -0.05) is 0 Å². The van der Waals surface area contributed by atoms with Crippen LogP contribution in [0.3, 0.4) is 0 Å². The predicted octanol–water partition coefficient (Wildman–Crippen LogP) is 1.21. The van der Waals surface area contributed by atoms with Gasteiger partial charge in [0, 0.05) is 20.6 Å². The number of rotatable bonds is 2. The largest absolute Gasteiger partial charge is 0.379 e. The second kappa shape index (κ2) is 4.21. The van der Waals surface area contributed by atoms with E-state index in [9.17, 15) is 0 Å². The Balaban J connectivity index is 2.50. The Labute approximate surface area is 74.0 Å². The van der Waals surface area contributed by atoms with Crippen LogP contribution in [-0.4, -0.2) is 38.6 Å². The average Bonchev–Trinajstić information content (AvgIpc) is 2.05. The van der Waals surface area contributed by atoms with E-state index in [0.717, 1.165) is 6.42 Å². The monoisotopic (exact) mass is 174 g/mol. The van der Waals surface area contributed by atoms with Crippen molar-refractivity contribution in [2.24, 2.45) is 0 Å². The Morgan fingerprint density at radius 3 is 1.75 bits per heavy atom. The minimum atomic E-state index is 0.172. The number of hydrogen-bond acceptors (Lipinski definition) is 3. The molecule has 0 aromatic heterocycles. The van der Waals surface area contributed by atoms with Crippen molar-refractivity contribution in [1.82, 2.24) is 0 Å². The third-order valence-corrected chi connectivity index (χ3v) is 2.55. The van der Waals surface area contributed by atoms with Gasteiger partial charge in [-0.25, -0.2) is 0 Å². The summed E-state index contributed by atoms with van der Waals surface area (Å²) < 4.78 is 16.2. The molecule has 0 amide bonds. The zero-order valence-electron chi connectivity index (χ0n) is 8.24. The van der Waals surface area contributed by atoms with E-state index in [4.69, 9.17) is 14.2 Å². The summed E-state index contributed by atoms with van der Waals surface area (Å²) in [5.74, 6) is 0. The molecule has 12 heavy (non-hydrogen) atoms. The molecule has 4 atom stereocenters. The highest BCUT2D eigenvalue weighted by atomic mass is 16.6. The molecule has 1 fully saturated rings. The standard InChI is InChI=1S/C9H18O3/c1-6-8(10-3)5-9(11-4)7(2)12-6/h6-9H,5H2,1-4H3. The molecule has 0 aromatic carbocycles. The molecule has 0 N–H and O–H groups in total. The summed E-state index contributed by atoms with van der Waals surface area (Å²) in [6.45, 7) is 4.08. The lowest BCUT2D eigenvalue weighted by molar-refractivity contribution is -0.172. The SMILES string of the molecule is COC1CC(OC)C(C)OC1C. The molecule has 0 radical (unpaired) electrons. The van der Waals surface area contributed by atoms with Gasteiger partial charge in [-0.3, -0.25) is 0 Å². The maximum absolute atomic E-state index is 5.64. The first-order chi connectivity index (χ1) is 5.69. The van der Waals surface area contributed by atoms with Gasteiger partial charge in [-0.2, -0.15) is 0 Å². The van der Waals surface area contributed by atoms with Crippen LogP contribution >= 0.6 is 0 Å². The maximum Gasteiger partial charge on any atom is 0.0856 e. The number of ether oxygens (including phenoxy) is 3. The average molecular weight is 174 g/mol. The quantitative estimate of drug-likeness (QED) is 0.630. The van der Waals surface area contributed by atoms with Crippen LogP contribution in [0.15, 0.2) is 0 Å². The van der Waals surface area contributed by atoms with Crippen LogP contribution in [0.2, 0.25) is 0 Å². The fraction of sp³-hybridized carbons (Fsp3) is 1.00. The molecule has 1 saturated heterocycles. The minimum Gasteiger partial charge on any atom is -0.379 e. The van der Waals surface area contributed by atoms with Gasteiger partial charge in [-0.05, 0) is 13.8 Å². The van der Waals surface area contributed by atoms with Crippen molar-refractivity contribution in [3.63, 3.8) is 0 Å². The van der Waals surface area contributed by atoms with Crippen LogP contribution in [-0.2, 0) is 14.2 Å². The molecule has 1 aliphatic heterocycles. The summed E-state index contributed by atoms with van der Waals surface area (Å²) in [5.41, 5.74) is 0. The molecule has 0 aromatic rings. The zero-order valence-corrected chi connectivity index (χ0v) is 8.24. The Morgan fingerprint density at radius 2 is 1.42 bits per heavy atom. The molecule has 3 nitrogen and oxygen atoms in total. The van der Waals surface area contributed by atoms with Crippen LogP contribution in [0.5, 0.6) is 0 Å². The van der Waals surface area contributed by atoms with Crippen LogP contribution < -0.4 is 0 Å². The van der Waals surface area contributed by atoms with E-state index in [2.05, 4.69) is 0 Å². The van der Waals surface area contributed by atoms with E-state index in [1.807, 2.05) is 13.8 Å². The van der Waals surface area contributed by atoms with Gasteiger partial charge in [0.25, 0.3) is 0 Å². The summed E-state index contributed by atoms with van der Waals surface area (Å²) in [7, 11) is 3.43. The van der Waals surface area contributed by atoms with Crippen LogP contribution in [0.1, 0.15) is 20.3 Å². The highest BCUT2D eigenvalue weighted by Gasteiger charge is 2.33. The fourth-order valence-corrected chi connectivity index (χ4v) is 1.70. The predicted molar refractivity (Wildman–Crippen MR) is 46.2 cm³/mol. The minimum absolute atomic E-state index is 0.172. The van der Waals surface area contributed by atoms with Gasteiger partial charge in [0.1, 0.15) is 0 Å². The highest BCUT2D eigenvalue weighted by Crippen LogP contribution is 2.23. The van der Waals surface area contributed by atoms with E-state index in [-0.39, 0.29) is 24.4 Å². The van der Waals surface area contributed by atoms with Crippen molar-refractivity contribution >= 4 is 0 Å². The Morgan fingerprint density at radius 1 is 1.00 bits per heavy atom. The van der Waals surface area contributed by atoms with Crippen molar-refractivity contribution in [3.05, 3.63) is 0 Å². The molecular formula is C9H18O3. The smallest absolute Gasteiger partial charge is 0.0856 e. The molecule has 1 aliphatic rings. The van der Waals surface area contributed by atoms with E-state index in [0.29, 0.717) is 0 Å². The Bertz CT molecular complexity index is 124. The van der Waals surface area contributed by atoms with Crippen LogP contribution in [0.25, 0.3) is 0 Å². The van der Waals surface area contributed by atoms with Gasteiger partial charge >= 0.3 is 0 Å². The first-order valence-electron chi connectivity index (χ1n) is 4.40. The lowest BCUT2D eigenvalue weighted by Crippen LogP contribution is -2.46. The van der Waals surface area contributed by atoms with E-state index in [1.54, 1.807) is 14.2 Å².